The summed E-state index contributed by atoms with van der Waals surface area (Å²) in [6.07, 6.45) is -0.117. The second-order valence-corrected chi connectivity index (χ2v) is 3.69. The molecule has 1 aliphatic rings. The molecule has 0 bridgehead atoms. The highest BCUT2D eigenvalue weighted by Crippen LogP contribution is 2.39. The highest BCUT2D eigenvalue weighted by Gasteiger charge is 2.46. The van der Waals surface area contributed by atoms with E-state index in [1.807, 2.05) is 13.8 Å². The number of hydrogen-bond donors (Lipinski definition) is 0. The summed E-state index contributed by atoms with van der Waals surface area (Å²) < 4.78 is 30.3. The lowest BCUT2D eigenvalue weighted by Crippen LogP contribution is -2.43. The standard InChI is InChI=1S/C11H10F2O2.C2H6/c12-11(13)5-10(6-11)15-9-3-1-8(7-14)2-4-9;1-2/h1-4,7,10H,5-6H2;1-2H3. The first kappa shape index (κ1) is 13.6. The third kappa shape index (κ3) is 3.80. The summed E-state index contributed by atoms with van der Waals surface area (Å²) in [5.74, 6) is -2.03. The van der Waals surface area contributed by atoms with E-state index in [4.69, 9.17) is 4.74 Å². The molecule has 0 aliphatic heterocycles. The van der Waals surface area contributed by atoms with Gasteiger partial charge in [0.2, 0.25) is 0 Å². The van der Waals surface area contributed by atoms with Gasteiger partial charge in [0.25, 0.3) is 5.92 Å². The van der Waals surface area contributed by atoms with Crippen LogP contribution in [0.5, 0.6) is 5.75 Å². The van der Waals surface area contributed by atoms with Gasteiger partial charge in [-0.1, -0.05) is 13.8 Å². The molecule has 1 aromatic rings. The highest BCUT2D eigenvalue weighted by atomic mass is 19.3. The molecule has 4 heteroatoms. The van der Waals surface area contributed by atoms with E-state index in [-0.39, 0.29) is 12.8 Å². The Morgan fingerprint density at radius 2 is 1.76 bits per heavy atom. The number of benzene rings is 1. The molecule has 0 amide bonds. The fraction of sp³-hybridized carbons (Fsp3) is 0.462. The van der Waals surface area contributed by atoms with Gasteiger partial charge in [0.1, 0.15) is 18.1 Å². The third-order valence-corrected chi connectivity index (χ3v) is 2.37. The highest BCUT2D eigenvalue weighted by molar-refractivity contribution is 5.74. The molecule has 1 aliphatic carbocycles. The van der Waals surface area contributed by atoms with E-state index in [9.17, 15) is 13.6 Å². The topological polar surface area (TPSA) is 26.3 Å². The van der Waals surface area contributed by atoms with Gasteiger partial charge in [0.05, 0.1) is 0 Å². The van der Waals surface area contributed by atoms with Gasteiger partial charge in [-0.25, -0.2) is 8.78 Å². The molecule has 1 saturated carbocycles. The smallest absolute Gasteiger partial charge is 0.255 e. The van der Waals surface area contributed by atoms with Crippen LogP contribution in [0.2, 0.25) is 0 Å². The number of alkyl halides is 2. The Kier molecular flexibility index (Phi) is 4.61. The Labute approximate surface area is 99.6 Å². The van der Waals surface area contributed by atoms with Crippen molar-refractivity contribution in [1.29, 1.82) is 0 Å². The van der Waals surface area contributed by atoms with Crippen LogP contribution in [0.25, 0.3) is 0 Å². The molecular formula is C13H16F2O2. The van der Waals surface area contributed by atoms with Gasteiger partial charge in [-0.05, 0) is 24.3 Å². The lowest BCUT2D eigenvalue weighted by atomic mass is 9.91. The van der Waals surface area contributed by atoms with Crippen molar-refractivity contribution in [3.05, 3.63) is 29.8 Å². The first-order chi connectivity index (χ1) is 8.09. The maximum absolute atomic E-state index is 12.5. The van der Waals surface area contributed by atoms with E-state index >= 15 is 0 Å². The van der Waals surface area contributed by atoms with Crippen LogP contribution in [0.4, 0.5) is 8.78 Å². The molecule has 1 fully saturated rings. The SMILES string of the molecule is CC.O=Cc1ccc(OC2CC(F)(F)C2)cc1. The van der Waals surface area contributed by atoms with Crippen LogP contribution in [0.1, 0.15) is 37.0 Å². The minimum Gasteiger partial charge on any atom is -0.490 e. The third-order valence-electron chi connectivity index (χ3n) is 2.37. The summed E-state index contributed by atoms with van der Waals surface area (Å²) in [7, 11) is 0. The summed E-state index contributed by atoms with van der Waals surface area (Å²) in [6, 6.07) is 6.42. The van der Waals surface area contributed by atoms with Crippen LogP contribution in [0.15, 0.2) is 24.3 Å². The fourth-order valence-corrected chi connectivity index (χ4v) is 1.51. The molecule has 1 aromatic carbocycles. The number of aldehydes is 1. The quantitative estimate of drug-likeness (QED) is 0.755. The van der Waals surface area contributed by atoms with Crippen LogP contribution in [-0.4, -0.2) is 18.3 Å². The van der Waals surface area contributed by atoms with Gasteiger partial charge >= 0.3 is 0 Å². The Hall–Kier alpha value is -1.45. The molecule has 0 unspecified atom stereocenters. The second kappa shape index (κ2) is 5.75. The van der Waals surface area contributed by atoms with E-state index in [0.717, 1.165) is 6.29 Å². The van der Waals surface area contributed by atoms with Gasteiger partial charge in [-0.3, -0.25) is 4.79 Å². The Bertz CT molecular complexity index is 352. The van der Waals surface area contributed by atoms with Crippen molar-refractivity contribution >= 4 is 6.29 Å². The summed E-state index contributed by atoms with van der Waals surface area (Å²) in [6.45, 7) is 4.00. The summed E-state index contributed by atoms with van der Waals surface area (Å²) in [4.78, 5) is 10.4. The van der Waals surface area contributed by atoms with Crippen LogP contribution in [0.3, 0.4) is 0 Å². The van der Waals surface area contributed by atoms with E-state index in [1.165, 1.54) is 0 Å². The molecule has 0 spiro atoms. The Balaban J connectivity index is 0.000000686. The zero-order valence-corrected chi connectivity index (χ0v) is 9.95. The number of ether oxygens (including phenoxy) is 1. The molecule has 0 saturated heterocycles. The number of rotatable bonds is 3. The summed E-state index contributed by atoms with van der Waals surface area (Å²) in [5.41, 5.74) is 0.543. The molecule has 0 heterocycles. The minimum absolute atomic E-state index is 0.220. The van der Waals surface area contributed by atoms with Crippen LogP contribution in [-0.2, 0) is 0 Å². The Morgan fingerprint density at radius 3 is 2.18 bits per heavy atom. The van der Waals surface area contributed by atoms with Crippen molar-refractivity contribution in [3.8, 4) is 5.75 Å². The lowest BCUT2D eigenvalue weighted by molar-refractivity contribution is -0.134. The molecule has 0 atom stereocenters. The normalized spacial score (nSPS) is 17.4. The number of hydrogen-bond acceptors (Lipinski definition) is 2. The first-order valence-electron chi connectivity index (χ1n) is 5.69. The largest absolute Gasteiger partial charge is 0.490 e. The van der Waals surface area contributed by atoms with E-state index in [1.54, 1.807) is 24.3 Å². The average Bonchev–Trinajstić information content (AvgIpc) is 2.30. The van der Waals surface area contributed by atoms with Gasteiger partial charge < -0.3 is 4.74 Å². The molecule has 0 radical (unpaired) electrons. The molecule has 17 heavy (non-hydrogen) atoms. The molecule has 0 aromatic heterocycles. The minimum atomic E-state index is -2.56. The van der Waals surface area contributed by atoms with Gasteiger partial charge in [0, 0.05) is 18.4 Å². The maximum atomic E-state index is 12.5. The average molecular weight is 242 g/mol. The van der Waals surface area contributed by atoms with Crippen LogP contribution < -0.4 is 4.74 Å². The van der Waals surface area contributed by atoms with Gasteiger partial charge in [0.15, 0.2) is 0 Å². The molecule has 2 rings (SSSR count). The lowest BCUT2D eigenvalue weighted by Gasteiger charge is -2.34. The van der Waals surface area contributed by atoms with Crippen LogP contribution in [0, 0.1) is 0 Å². The van der Waals surface area contributed by atoms with E-state index in [0.29, 0.717) is 11.3 Å². The number of carbonyl (C=O) groups is 1. The van der Waals surface area contributed by atoms with Gasteiger partial charge in [-0.2, -0.15) is 0 Å². The van der Waals surface area contributed by atoms with Crippen molar-refractivity contribution in [2.75, 3.05) is 0 Å². The molecule has 2 nitrogen and oxygen atoms in total. The zero-order valence-electron chi connectivity index (χ0n) is 9.95. The van der Waals surface area contributed by atoms with Crippen molar-refractivity contribution in [1.82, 2.24) is 0 Å². The maximum Gasteiger partial charge on any atom is 0.255 e. The fourth-order valence-electron chi connectivity index (χ4n) is 1.51. The molecule has 94 valence electrons. The molecule has 0 N–H and O–H groups in total. The Morgan fingerprint density at radius 1 is 1.24 bits per heavy atom. The van der Waals surface area contributed by atoms with Gasteiger partial charge in [-0.15, -0.1) is 0 Å². The van der Waals surface area contributed by atoms with Crippen molar-refractivity contribution in [3.63, 3.8) is 0 Å². The van der Waals surface area contributed by atoms with Crippen LogP contribution >= 0.6 is 0 Å². The monoisotopic (exact) mass is 242 g/mol. The zero-order chi connectivity index (χ0) is 12.9. The predicted molar refractivity (Wildman–Crippen MR) is 61.8 cm³/mol. The van der Waals surface area contributed by atoms with Crippen molar-refractivity contribution < 1.29 is 18.3 Å². The predicted octanol–water partition coefficient (Wildman–Crippen LogP) is 3.70. The second-order valence-electron chi connectivity index (χ2n) is 3.69. The van der Waals surface area contributed by atoms with Crippen molar-refractivity contribution in [2.45, 2.75) is 38.7 Å². The summed E-state index contributed by atoms with van der Waals surface area (Å²) in [5, 5.41) is 0. The number of carbonyl (C=O) groups excluding carboxylic acids is 1. The molecular weight excluding hydrogens is 226 g/mol. The van der Waals surface area contributed by atoms with E-state index < -0.39 is 12.0 Å². The summed E-state index contributed by atoms with van der Waals surface area (Å²) >= 11 is 0. The first-order valence-corrected chi connectivity index (χ1v) is 5.69. The number of halogens is 2. The van der Waals surface area contributed by atoms with E-state index in [2.05, 4.69) is 0 Å². The van der Waals surface area contributed by atoms with Crippen molar-refractivity contribution in [2.24, 2.45) is 0 Å².